The molecule has 0 saturated heterocycles. The van der Waals surface area contributed by atoms with Gasteiger partial charge in [-0.25, -0.2) is 4.98 Å². The number of benzene rings is 1. The Balaban J connectivity index is 1.48. The summed E-state index contributed by atoms with van der Waals surface area (Å²) >= 11 is 1.60. The first-order valence-electron chi connectivity index (χ1n) is 9.14. The number of carbonyl (C=O) groups is 1. The molecule has 0 spiro atoms. The molecule has 3 aromatic rings. The molecule has 0 aliphatic heterocycles. The van der Waals surface area contributed by atoms with Crippen molar-refractivity contribution in [3.8, 4) is 5.75 Å². The van der Waals surface area contributed by atoms with Gasteiger partial charge in [0, 0.05) is 17.7 Å². The number of rotatable bonds is 4. The molecule has 27 heavy (non-hydrogen) atoms. The Bertz CT molecular complexity index is 1080. The van der Waals surface area contributed by atoms with Gasteiger partial charge in [-0.3, -0.25) is 9.59 Å². The van der Waals surface area contributed by atoms with Crippen LogP contribution in [0.1, 0.15) is 41.1 Å². The molecule has 1 aliphatic carbocycles. The lowest BCUT2D eigenvalue weighted by Crippen LogP contribution is -2.16. The Morgan fingerprint density at radius 2 is 2.15 bits per heavy atom. The molecule has 140 valence electrons. The number of hydrogen-bond donors (Lipinski definition) is 3. The fourth-order valence-electron chi connectivity index (χ4n) is 3.52. The van der Waals surface area contributed by atoms with Crippen molar-refractivity contribution in [2.45, 2.75) is 45.4 Å². The van der Waals surface area contributed by atoms with Gasteiger partial charge in [0.2, 0.25) is 5.91 Å². The van der Waals surface area contributed by atoms with Crippen LogP contribution in [0.5, 0.6) is 5.75 Å². The molecule has 0 radical (unpaired) electrons. The van der Waals surface area contributed by atoms with E-state index in [2.05, 4.69) is 15.3 Å². The van der Waals surface area contributed by atoms with Crippen LogP contribution < -0.4 is 10.9 Å². The highest BCUT2D eigenvalue weighted by molar-refractivity contribution is 7.18. The lowest BCUT2D eigenvalue weighted by molar-refractivity contribution is -0.116. The molecule has 0 atom stereocenters. The second kappa shape index (κ2) is 7.15. The molecule has 0 unspecified atom stereocenters. The van der Waals surface area contributed by atoms with E-state index in [1.54, 1.807) is 23.5 Å². The number of fused-ring (bicyclic) bond motifs is 3. The number of carbonyl (C=O) groups excluding carboxylic acids is 1. The Morgan fingerprint density at radius 1 is 1.33 bits per heavy atom. The first-order chi connectivity index (χ1) is 13.0. The molecule has 0 fully saturated rings. The van der Waals surface area contributed by atoms with E-state index in [1.165, 1.54) is 4.88 Å². The zero-order valence-electron chi connectivity index (χ0n) is 15.1. The standard InChI is InChI=1S/C20H21N3O3S/c1-11-6-7-13(14(24)10-11)21-17(25)9-8-16-22-19(26)18-12-4-2-3-5-15(12)27-20(18)23-16/h6-7,10,24H,2-5,8-9H2,1H3,(H,21,25)(H,22,23,26). The van der Waals surface area contributed by atoms with Crippen LogP contribution in [0.15, 0.2) is 23.0 Å². The highest BCUT2D eigenvalue weighted by Crippen LogP contribution is 2.33. The van der Waals surface area contributed by atoms with Crippen molar-refractivity contribution >= 4 is 33.1 Å². The van der Waals surface area contributed by atoms with E-state index >= 15 is 0 Å². The van der Waals surface area contributed by atoms with Crippen molar-refractivity contribution in [2.24, 2.45) is 0 Å². The van der Waals surface area contributed by atoms with E-state index < -0.39 is 0 Å². The van der Waals surface area contributed by atoms with Gasteiger partial charge in [-0.05, 0) is 55.9 Å². The van der Waals surface area contributed by atoms with E-state index in [0.29, 0.717) is 17.9 Å². The van der Waals surface area contributed by atoms with Gasteiger partial charge in [-0.1, -0.05) is 6.07 Å². The molecule has 0 saturated carbocycles. The molecule has 2 heterocycles. The van der Waals surface area contributed by atoms with Gasteiger partial charge < -0.3 is 15.4 Å². The monoisotopic (exact) mass is 383 g/mol. The van der Waals surface area contributed by atoms with Crippen molar-refractivity contribution < 1.29 is 9.90 Å². The molecule has 1 aromatic carbocycles. The molecule has 4 rings (SSSR count). The number of aromatic amines is 1. The Labute approximate surface area is 160 Å². The number of aromatic hydroxyl groups is 1. The maximum absolute atomic E-state index is 12.5. The van der Waals surface area contributed by atoms with Crippen molar-refractivity contribution in [2.75, 3.05) is 5.32 Å². The predicted octanol–water partition coefficient (Wildman–Crippen LogP) is 3.45. The number of aryl methyl sites for hydroxylation is 4. The minimum atomic E-state index is -0.234. The summed E-state index contributed by atoms with van der Waals surface area (Å²) in [6.45, 7) is 1.87. The maximum Gasteiger partial charge on any atom is 0.259 e. The highest BCUT2D eigenvalue weighted by atomic mass is 32.1. The Kier molecular flexibility index (Phi) is 4.70. The second-order valence-electron chi connectivity index (χ2n) is 6.97. The number of anilines is 1. The topological polar surface area (TPSA) is 95.1 Å². The average molecular weight is 383 g/mol. The highest BCUT2D eigenvalue weighted by Gasteiger charge is 2.20. The van der Waals surface area contributed by atoms with Crippen molar-refractivity contribution in [3.05, 3.63) is 50.4 Å². The van der Waals surface area contributed by atoms with Gasteiger partial charge in [0.15, 0.2) is 0 Å². The van der Waals surface area contributed by atoms with Crippen LogP contribution in [-0.2, 0) is 24.1 Å². The average Bonchev–Trinajstić information content (AvgIpc) is 3.01. The van der Waals surface area contributed by atoms with Gasteiger partial charge in [0.05, 0.1) is 11.1 Å². The molecule has 7 heteroatoms. The molecule has 0 bridgehead atoms. The zero-order valence-corrected chi connectivity index (χ0v) is 15.9. The number of thiophene rings is 1. The van der Waals surface area contributed by atoms with Gasteiger partial charge in [0.25, 0.3) is 5.56 Å². The molecule has 1 amide bonds. The molecule has 6 nitrogen and oxygen atoms in total. The van der Waals surface area contributed by atoms with Gasteiger partial charge in [-0.2, -0.15) is 0 Å². The normalized spacial score (nSPS) is 13.5. The summed E-state index contributed by atoms with van der Waals surface area (Å²) in [6, 6.07) is 5.09. The number of phenolic OH excluding ortho intramolecular Hbond substituents is 1. The smallest absolute Gasteiger partial charge is 0.259 e. The van der Waals surface area contributed by atoms with E-state index in [4.69, 9.17) is 0 Å². The van der Waals surface area contributed by atoms with Crippen LogP contribution in [0.3, 0.4) is 0 Å². The van der Waals surface area contributed by atoms with Gasteiger partial charge >= 0.3 is 0 Å². The maximum atomic E-state index is 12.5. The van der Waals surface area contributed by atoms with E-state index in [-0.39, 0.29) is 23.6 Å². The summed E-state index contributed by atoms with van der Waals surface area (Å²) in [7, 11) is 0. The first kappa shape index (κ1) is 17.7. The number of nitrogens with one attached hydrogen (secondary N) is 2. The quantitative estimate of drug-likeness (QED) is 0.601. The summed E-state index contributed by atoms with van der Waals surface area (Å²) in [5.74, 6) is 0.331. The summed E-state index contributed by atoms with van der Waals surface area (Å²) < 4.78 is 0. The summed E-state index contributed by atoms with van der Waals surface area (Å²) in [6.07, 6.45) is 4.76. The molecule has 2 aromatic heterocycles. The first-order valence-corrected chi connectivity index (χ1v) is 9.96. The Hall–Kier alpha value is -2.67. The van der Waals surface area contributed by atoms with E-state index in [9.17, 15) is 14.7 Å². The Morgan fingerprint density at radius 3 is 2.96 bits per heavy atom. The molecular formula is C20H21N3O3S. The number of hydrogen-bond acceptors (Lipinski definition) is 5. The third-order valence-electron chi connectivity index (χ3n) is 4.89. The minimum absolute atomic E-state index is 0.0421. The number of nitrogens with zero attached hydrogens (tertiary/aromatic N) is 1. The van der Waals surface area contributed by atoms with E-state index in [1.807, 2.05) is 13.0 Å². The van der Waals surface area contributed by atoms with E-state index in [0.717, 1.165) is 47.0 Å². The third-order valence-corrected chi connectivity index (χ3v) is 6.08. The number of phenols is 1. The predicted molar refractivity (Wildman–Crippen MR) is 107 cm³/mol. The second-order valence-corrected chi connectivity index (χ2v) is 8.06. The SMILES string of the molecule is Cc1ccc(NC(=O)CCc2nc3sc4c(c3c(=O)[nH]2)CCCC4)c(O)c1. The minimum Gasteiger partial charge on any atom is -0.506 e. The van der Waals surface area contributed by atoms with Crippen LogP contribution in [0.2, 0.25) is 0 Å². The summed E-state index contributed by atoms with van der Waals surface area (Å²) in [5.41, 5.74) is 2.35. The van der Waals surface area contributed by atoms with Gasteiger partial charge in [0.1, 0.15) is 16.4 Å². The fraction of sp³-hybridized carbons (Fsp3) is 0.350. The van der Waals surface area contributed by atoms with Crippen molar-refractivity contribution in [3.63, 3.8) is 0 Å². The number of H-pyrrole nitrogens is 1. The van der Waals surface area contributed by atoms with Crippen LogP contribution in [0.25, 0.3) is 10.2 Å². The number of aromatic nitrogens is 2. The largest absolute Gasteiger partial charge is 0.506 e. The number of amides is 1. The lowest BCUT2D eigenvalue weighted by Gasteiger charge is -2.09. The lowest BCUT2D eigenvalue weighted by atomic mass is 9.97. The molecule has 1 aliphatic rings. The molecule has 3 N–H and O–H groups in total. The van der Waals surface area contributed by atoms with Crippen LogP contribution in [0, 0.1) is 6.92 Å². The zero-order chi connectivity index (χ0) is 19.0. The van der Waals surface area contributed by atoms with Gasteiger partial charge in [-0.15, -0.1) is 11.3 Å². The van der Waals surface area contributed by atoms with Crippen LogP contribution >= 0.6 is 11.3 Å². The summed E-state index contributed by atoms with van der Waals surface area (Å²) in [5, 5.41) is 13.3. The van der Waals surface area contributed by atoms with Crippen LogP contribution in [0.4, 0.5) is 5.69 Å². The third kappa shape index (κ3) is 3.60. The van der Waals surface area contributed by atoms with Crippen LogP contribution in [-0.4, -0.2) is 21.0 Å². The van der Waals surface area contributed by atoms with Crippen molar-refractivity contribution in [1.82, 2.24) is 9.97 Å². The summed E-state index contributed by atoms with van der Waals surface area (Å²) in [4.78, 5) is 34.2. The molecular weight excluding hydrogens is 362 g/mol. The fourth-order valence-corrected chi connectivity index (χ4v) is 4.80. The van der Waals surface area contributed by atoms with Crippen molar-refractivity contribution in [1.29, 1.82) is 0 Å².